The fourth-order valence-electron chi connectivity index (χ4n) is 2.10. The van der Waals surface area contributed by atoms with Gasteiger partial charge in [-0.2, -0.15) is 0 Å². The van der Waals surface area contributed by atoms with Crippen LogP contribution in [0.5, 0.6) is 0 Å². The molecule has 2 rings (SSSR count). The second kappa shape index (κ2) is 8.00. The van der Waals surface area contributed by atoms with Crippen LogP contribution in [0.1, 0.15) is 17.8 Å². The van der Waals surface area contributed by atoms with Gasteiger partial charge in [0.1, 0.15) is 4.60 Å². The molecule has 0 amide bonds. The summed E-state index contributed by atoms with van der Waals surface area (Å²) in [6.45, 7) is 6.37. The molecule has 0 spiro atoms. The van der Waals surface area contributed by atoms with Crippen LogP contribution in [0.4, 0.5) is 0 Å². The summed E-state index contributed by atoms with van der Waals surface area (Å²) in [4.78, 5) is 9.04. The molecule has 0 aromatic carbocycles. The topological polar surface area (TPSA) is 35.0 Å². The number of fused-ring (bicyclic) bond motifs is 1. The lowest BCUT2D eigenvalue weighted by Crippen LogP contribution is -2.11. The summed E-state index contributed by atoms with van der Waals surface area (Å²) in [6.07, 6.45) is 6.14. The van der Waals surface area contributed by atoms with Gasteiger partial charge in [0.05, 0.1) is 24.2 Å². The zero-order chi connectivity index (χ0) is 14.5. The van der Waals surface area contributed by atoms with Crippen molar-refractivity contribution in [2.75, 3.05) is 13.2 Å². The van der Waals surface area contributed by atoms with E-state index in [1.165, 1.54) is 9.62 Å². The van der Waals surface area contributed by atoms with Gasteiger partial charge >= 0.3 is 0 Å². The van der Waals surface area contributed by atoms with Gasteiger partial charge in [-0.3, -0.25) is 4.98 Å². The smallest absolute Gasteiger partial charge is 0.125 e. The van der Waals surface area contributed by atoms with Gasteiger partial charge in [-0.15, -0.1) is 0 Å². The summed E-state index contributed by atoms with van der Waals surface area (Å²) >= 11 is 5.76. The Morgan fingerprint density at radius 1 is 1.50 bits per heavy atom. The molecule has 6 heteroatoms. The minimum absolute atomic E-state index is 0.170. The molecule has 1 heterocycles. The van der Waals surface area contributed by atoms with Gasteiger partial charge in [-0.25, -0.2) is 4.98 Å². The third-order valence-corrected chi connectivity index (χ3v) is 5.71. The second-order valence-corrected chi connectivity index (χ2v) is 10.2. The molecule has 1 unspecified atom stereocenters. The van der Waals surface area contributed by atoms with E-state index in [0.717, 1.165) is 42.0 Å². The molecular formula is C14H19BrIN2OSi. The molecule has 0 saturated heterocycles. The van der Waals surface area contributed by atoms with Gasteiger partial charge in [0.15, 0.2) is 0 Å². The van der Waals surface area contributed by atoms with Crippen LogP contribution in [-0.4, -0.2) is 32.0 Å². The maximum Gasteiger partial charge on any atom is 0.125 e. The van der Waals surface area contributed by atoms with Crippen molar-refractivity contribution in [3.63, 3.8) is 0 Å². The number of nitrogens with zero attached hydrogens (tertiary/aromatic N) is 2. The van der Waals surface area contributed by atoms with E-state index in [1.54, 1.807) is 6.20 Å². The maximum atomic E-state index is 5.84. The Balaban J connectivity index is 1.96. The standard InChI is InChI=1S/C14H19BrIN2OSi/c1-20(2)6-5-19-9-10-3-4-12-14(11(16)7-10)18-13(15)8-17-12/h7-8,10H,3-6,9H2,1-2H3. The molecule has 1 aromatic heterocycles. The lowest BCUT2D eigenvalue weighted by atomic mass is 10.1. The van der Waals surface area contributed by atoms with Gasteiger partial charge in [-0.1, -0.05) is 19.2 Å². The molecule has 0 bridgehead atoms. The Bertz CT molecular complexity index is 496. The third-order valence-electron chi connectivity index (χ3n) is 3.26. The van der Waals surface area contributed by atoms with E-state index in [9.17, 15) is 0 Å². The first kappa shape index (κ1) is 16.6. The third kappa shape index (κ3) is 4.89. The van der Waals surface area contributed by atoms with E-state index in [0.29, 0.717) is 5.92 Å². The fourth-order valence-corrected chi connectivity index (χ4v) is 3.87. The second-order valence-electron chi connectivity index (χ2n) is 5.33. The molecule has 0 fully saturated rings. The molecule has 1 aliphatic rings. The predicted octanol–water partition coefficient (Wildman–Crippen LogP) is 4.35. The van der Waals surface area contributed by atoms with E-state index in [1.807, 2.05) is 0 Å². The van der Waals surface area contributed by atoms with Gasteiger partial charge < -0.3 is 4.74 Å². The van der Waals surface area contributed by atoms with E-state index >= 15 is 0 Å². The predicted molar refractivity (Wildman–Crippen MR) is 96.6 cm³/mol. The maximum absolute atomic E-state index is 5.84. The van der Waals surface area contributed by atoms with Crippen molar-refractivity contribution in [1.29, 1.82) is 0 Å². The highest BCUT2D eigenvalue weighted by molar-refractivity contribution is 14.1. The number of rotatable bonds is 5. The lowest BCUT2D eigenvalue weighted by molar-refractivity contribution is 0.122. The molecule has 1 atom stereocenters. The largest absolute Gasteiger partial charge is 0.381 e. The summed E-state index contributed by atoms with van der Waals surface area (Å²) in [5.74, 6) is 0.473. The molecule has 109 valence electrons. The molecule has 0 aliphatic heterocycles. The van der Waals surface area contributed by atoms with Crippen molar-refractivity contribution < 1.29 is 4.74 Å². The fraction of sp³-hybridized carbons (Fsp3) is 0.571. The Kier molecular flexibility index (Phi) is 6.63. The first-order valence-electron chi connectivity index (χ1n) is 6.82. The highest BCUT2D eigenvalue weighted by atomic mass is 127. The number of aryl methyl sites for hydroxylation is 1. The number of halogens is 2. The first-order valence-corrected chi connectivity index (χ1v) is 11.4. The lowest BCUT2D eigenvalue weighted by Gasteiger charge is -2.12. The summed E-state index contributed by atoms with van der Waals surface area (Å²) in [5.41, 5.74) is 2.12. The van der Waals surface area contributed by atoms with E-state index in [4.69, 9.17) is 4.74 Å². The molecule has 1 aliphatic carbocycles. The van der Waals surface area contributed by atoms with Gasteiger partial charge in [-0.05, 0) is 57.4 Å². The zero-order valence-corrected chi connectivity index (χ0v) is 16.6. The number of hydrogen-bond acceptors (Lipinski definition) is 3. The number of ether oxygens (including phenoxy) is 1. The SMILES string of the molecule is C[Si](C)CCOCC1C=C(I)c2nc(Br)cnc2CC1. The van der Waals surface area contributed by atoms with E-state index < -0.39 is 0 Å². The van der Waals surface area contributed by atoms with Crippen LogP contribution >= 0.6 is 38.5 Å². The van der Waals surface area contributed by atoms with Gasteiger partial charge in [0, 0.05) is 24.9 Å². The summed E-state index contributed by atoms with van der Waals surface area (Å²) in [7, 11) is -0.170. The molecule has 20 heavy (non-hydrogen) atoms. The monoisotopic (exact) mass is 465 g/mol. The molecule has 3 nitrogen and oxygen atoms in total. The van der Waals surface area contributed by atoms with Crippen molar-refractivity contribution in [3.05, 3.63) is 28.3 Å². The van der Waals surface area contributed by atoms with Crippen LogP contribution in [-0.2, 0) is 11.2 Å². The quantitative estimate of drug-likeness (QED) is 0.368. The highest BCUT2D eigenvalue weighted by Gasteiger charge is 2.18. The summed E-state index contributed by atoms with van der Waals surface area (Å²) in [6, 6.07) is 1.23. The molecule has 0 N–H and O–H groups in total. The Labute approximate surface area is 144 Å². The van der Waals surface area contributed by atoms with Crippen molar-refractivity contribution in [1.82, 2.24) is 9.97 Å². The minimum atomic E-state index is -0.170. The van der Waals surface area contributed by atoms with Gasteiger partial charge in [0.2, 0.25) is 0 Å². The van der Waals surface area contributed by atoms with Crippen LogP contribution in [0.3, 0.4) is 0 Å². The number of hydrogen-bond donors (Lipinski definition) is 0. The van der Waals surface area contributed by atoms with Crippen molar-refractivity contribution in [2.45, 2.75) is 32.0 Å². The zero-order valence-electron chi connectivity index (χ0n) is 11.8. The number of aromatic nitrogens is 2. The molecule has 1 radical (unpaired) electrons. The Hall–Kier alpha value is 0.207. The van der Waals surface area contributed by atoms with E-state index in [2.05, 4.69) is 67.7 Å². The molecule has 1 aromatic rings. The van der Waals surface area contributed by atoms with Crippen LogP contribution in [0, 0.1) is 5.92 Å². The van der Waals surface area contributed by atoms with Gasteiger partial charge in [0.25, 0.3) is 0 Å². The average Bonchev–Trinajstić information content (AvgIpc) is 2.55. The van der Waals surface area contributed by atoms with Crippen LogP contribution in [0.2, 0.25) is 19.1 Å². The summed E-state index contributed by atoms with van der Waals surface area (Å²) < 4.78 is 7.83. The van der Waals surface area contributed by atoms with Crippen LogP contribution in [0.25, 0.3) is 3.58 Å². The molecular weight excluding hydrogens is 447 g/mol. The van der Waals surface area contributed by atoms with E-state index in [-0.39, 0.29) is 8.80 Å². The first-order chi connectivity index (χ1) is 9.56. The van der Waals surface area contributed by atoms with Crippen molar-refractivity contribution in [3.8, 4) is 0 Å². The van der Waals surface area contributed by atoms with Crippen molar-refractivity contribution in [2.24, 2.45) is 5.92 Å². The minimum Gasteiger partial charge on any atom is -0.381 e. The normalized spacial score (nSPS) is 18.6. The van der Waals surface area contributed by atoms with Crippen LogP contribution in [0.15, 0.2) is 16.9 Å². The molecule has 0 saturated carbocycles. The van der Waals surface area contributed by atoms with Crippen LogP contribution < -0.4 is 0 Å². The average molecular weight is 466 g/mol. The summed E-state index contributed by atoms with van der Waals surface area (Å²) in [5, 5.41) is 0. The Morgan fingerprint density at radius 3 is 3.05 bits per heavy atom. The highest BCUT2D eigenvalue weighted by Crippen LogP contribution is 2.31. The van der Waals surface area contributed by atoms with Crippen molar-refractivity contribution >= 4 is 50.9 Å². The Morgan fingerprint density at radius 2 is 2.30 bits per heavy atom.